The molecule has 3 heteroatoms. The van der Waals surface area contributed by atoms with Gasteiger partial charge in [0.05, 0.1) is 6.61 Å². The van der Waals surface area contributed by atoms with Crippen LogP contribution in [0.3, 0.4) is 0 Å². The van der Waals surface area contributed by atoms with Gasteiger partial charge < -0.3 is 4.74 Å². The average molecular weight is 221 g/mol. The molecule has 0 bridgehead atoms. The number of ether oxygens (including phenoxy) is 1. The van der Waals surface area contributed by atoms with Gasteiger partial charge in [-0.15, -0.1) is 0 Å². The first-order valence-corrected chi connectivity index (χ1v) is 5.56. The Bertz CT molecular complexity index is 322. The van der Waals surface area contributed by atoms with Crippen LogP contribution in [0.25, 0.3) is 0 Å². The maximum Gasteiger partial charge on any atom is 0.414 e. The lowest BCUT2D eigenvalue weighted by Crippen LogP contribution is -2.27. The predicted molar refractivity (Wildman–Crippen MR) is 65.6 cm³/mol. The third kappa shape index (κ3) is 3.93. The monoisotopic (exact) mass is 221 g/mol. The first-order chi connectivity index (χ1) is 7.61. The lowest BCUT2D eigenvalue weighted by molar-refractivity contribution is 0.149. The Morgan fingerprint density at radius 2 is 1.94 bits per heavy atom. The lowest BCUT2D eigenvalue weighted by Gasteiger charge is -2.17. The highest BCUT2D eigenvalue weighted by molar-refractivity contribution is 5.86. The van der Waals surface area contributed by atoms with Crippen LogP contribution in [0.1, 0.15) is 20.3 Å². The fourth-order valence-corrected chi connectivity index (χ4v) is 1.24. The summed E-state index contributed by atoms with van der Waals surface area (Å²) in [7, 11) is 1.72. The zero-order valence-electron chi connectivity index (χ0n) is 10.1. The molecule has 0 aromatic heterocycles. The van der Waals surface area contributed by atoms with Crippen LogP contribution in [0.4, 0.5) is 10.5 Å². The van der Waals surface area contributed by atoms with Gasteiger partial charge in [0, 0.05) is 12.7 Å². The SMILES string of the molecule is CC(C)CCOC(=O)N(C)c1ccccc1. The van der Waals surface area contributed by atoms with Crippen molar-refractivity contribution in [3.63, 3.8) is 0 Å². The van der Waals surface area contributed by atoms with Crippen molar-refractivity contribution in [2.45, 2.75) is 20.3 Å². The van der Waals surface area contributed by atoms with Crippen molar-refractivity contribution in [2.24, 2.45) is 5.92 Å². The number of rotatable bonds is 4. The Morgan fingerprint density at radius 3 is 2.50 bits per heavy atom. The summed E-state index contributed by atoms with van der Waals surface area (Å²) in [5.74, 6) is 0.551. The molecule has 1 aromatic carbocycles. The Kier molecular flexibility index (Phi) is 4.83. The number of carbonyl (C=O) groups is 1. The molecule has 0 saturated heterocycles. The van der Waals surface area contributed by atoms with Crippen LogP contribution in [0, 0.1) is 5.92 Å². The van der Waals surface area contributed by atoms with Gasteiger partial charge in [0.25, 0.3) is 0 Å². The van der Waals surface area contributed by atoms with Gasteiger partial charge in [-0.3, -0.25) is 4.90 Å². The summed E-state index contributed by atoms with van der Waals surface area (Å²) in [6.07, 6.45) is 0.598. The molecule has 0 aliphatic carbocycles. The van der Waals surface area contributed by atoms with Crippen molar-refractivity contribution in [3.8, 4) is 0 Å². The van der Waals surface area contributed by atoms with Crippen LogP contribution < -0.4 is 4.90 Å². The van der Waals surface area contributed by atoms with E-state index in [1.54, 1.807) is 7.05 Å². The van der Waals surface area contributed by atoms with Crippen molar-refractivity contribution in [1.29, 1.82) is 0 Å². The van der Waals surface area contributed by atoms with E-state index in [1.807, 2.05) is 30.3 Å². The normalized spacial score (nSPS) is 10.2. The third-order valence-electron chi connectivity index (χ3n) is 2.34. The second kappa shape index (κ2) is 6.16. The highest BCUT2D eigenvalue weighted by Crippen LogP contribution is 2.12. The van der Waals surface area contributed by atoms with E-state index in [2.05, 4.69) is 13.8 Å². The van der Waals surface area contributed by atoms with Crippen LogP contribution in [0.2, 0.25) is 0 Å². The molecule has 0 saturated carbocycles. The molecule has 3 nitrogen and oxygen atoms in total. The van der Waals surface area contributed by atoms with Crippen molar-refractivity contribution < 1.29 is 9.53 Å². The summed E-state index contributed by atoms with van der Waals surface area (Å²) in [5, 5.41) is 0. The van der Waals surface area contributed by atoms with E-state index in [4.69, 9.17) is 4.74 Å². The molecule has 0 aliphatic heterocycles. The van der Waals surface area contributed by atoms with Crippen molar-refractivity contribution in [1.82, 2.24) is 0 Å². The minimum absolute atomic E-state index is 0.299. The summed E-state index contributed by atoms with van der Waals surface area (Å²) >= 11 is 0. The maximum absolute atomic E-state index is 11.6. The van der Waals surface area contributed by atoms with E-state index >= 15 is 0 Å². The minimum Gasteiger partial charge on any atom is -0.449 e. The number of hydrogen-bond acceptors (Lipinski definition) is 2. The van der Waals surface area contributed by atoms with Crippen LogP contribution >= 0.6 is 0 Å². The van der Waals surface area contributed by atoms with Gasteiger partial charge in [0.1, 0.15) is 0 Å². The highest BCUT2D eigenvalue weighted by atomic mass is 16.6. The van der Waals surface area contributed by atoms with Crippen LogP contribution in [-0.2, 0) is 4.74 Å². The quantitative estimate of drug-likeness (QED) is 0.780. The van der Waals surface area contributed by atoms with Crippen LogP contribution in [0.15, 0.2) is 30.3 Å². The third-order valence-corrected chi connectivity index (χ3v) is 2.34. The van der Waals surface area contributed by atoms with Gasteiger partial charge in [-0.25, -0.2) is 4.79 Å². The molecule has 0 spiro atoms. The zero-order chi connectivity index (χ0) is 12.0. The molecule has 0 heterocycles. The molecule has 0 unspecified atom stereocenters. The summed E-state index contributed by atoms with van der Waals surface area (Å²) in [6, 6.07) is 9.47. The van der Waals surface area contributed by atoms with E-state index in [9.17, 15) is 4.79 Å². The number of hydrogen-bond donors (Lipinski definition) is 0. The molecule has 0 N–H and O–H groups in total. The standard InChI is InChI=1S/C13H19NO2/c1-11(2)9-10-16-13(15)14(3)12-7-5-4-6-8-12/h4-8,11H,9-10H2,1-3H3. The van der Waals surface area contributed by atoms with E-state index in [0.29, 0.717) is 12.5 Å². The number of carbonyl (C=O) groups excluding carboxylic acids is 1. The first kappa shape index (κ1) is 12.6. The molecule has 16 heavy (non-hydrogen) atoms. The number of anilines is 1. The van der Waals surface area contributed by atoms with Crippen LogP contribution in [-0.4, -0.2) is 19.7 Å². The van der Waals surface area contributed by atoms with E-state index in [1.165, 1.54) is 4.90 Å². The maximum atomic E-state index is 11.6. The lowest BCUT2D eigenvalue weighted by atomic mass is 10.1. The van der Waals surface area contributed by atoms with Gasteiger partial charge in [-0.2, -0.15) is 0 Å². The molecule has 0 fully saturated rings. The number of nitrogens with zero attached hydrogens (tertiary/aromatic N) is 1. The van der Waals surface area contributed by atoms with Gasteiger partial charge in [-0.1, -0.05) is 32.0 Å². The average Bonchev–Trinajstić information content (AvgIpc) is 2.28. The van der Waals surface area contributed by atoms with Gasteiger partial charge in [-0.05, 0) is 24.5 Å². The second-order valence-electron chi connectivity index (χ2n) is 4.19. The molecule has 88 valence electrons. The zero-order valence-corrected chi connectivity index (χ0v) is 10.1. The van der Waals surface area contributed by atoms with Gasteiger partial charge >= 0.3 is 6.09 Å². The highest BCUT2D eigenvalue weighted by Gasteiger charge is 2.11. The number of amides is 1. The Labute approximate surface area is 97.0 Å². The largest absolute Gasteiger partial charge is 0.449 e. The topological polar surface area (TPSA) is 29.5 Å². The fourth-order valence-electron chi connectivity index (χ4n) is 1.24. The predicted octanol–water partition coefficient (Wildman–Crippen LogP) is 3.31. The summed E-state index contributed by atoms with van der Waals surface area (Å²) in [5.41, 5.74) is 0.844. The summed E-state index contributed by atoms with van der Waals surface area (Å²) < 4.78 is 5.16. The fraction of sp³-hybridized carbons (Fsp3) is 0.462. The summed E-state index contributed by atoms with van der Waals surface area (Å²) in [4.78, 5) is 13.1. The minimum atomic E-state index is -0.299. The van der Waals surface area contributed by atoms with Gasteiger partial charge in [0.2, 0.25) is 0 Å². The number of para-hydroxylation sites is 1. The van der Waals surface area contributed by atoms with Crippen molar-refractivity contribution >= 4 is 11.8 Å². The Morgan fingerprint density at radius 1 is 1.31 bits per heavy atom. The van der Waals surface area contributed by atoms with E-state index in [0.717, 1.165) is 12.1 Å². The smallest absolute Gasteiger partial charge is 0.414 e. The molecule has 1 amide bonds. The molecule has 1 rings (SSSR count). The van der Waals surface area contributed by atoms with Gasteiger partial charge in [0.15, 0.2) is 0 Å². The molecule has 0 radical (unpaired) electrons. The second-order valence-corrected chi connectivity index (χ2v) is 4.19. The number of benzene rings is 1. The van der Waals surface area contributed by atoms with Crippen molar-refractivity contribution in [2.75, 3.05) is 18.6 Å². The van der Waals surface area contributed by atoms with E-state index in [-0.39, 0.29) is 6.09 Å². The first-order valence-electron chi connectivity index (χ1n) is 5.56. The molecule has 0 aliphatic rings. The molecule has 1 aromatic rings. The Hall–Kier alpha value is -1.51. The van der Waals surface area contributed by atoms with Crippen LogP contribution in [0.5, 0.6) is 0 Å². The molecular weight excluding hydrogens is 202 g/mol. The van der Waals surface area contributed by atoms with E-state index < -0.39 is 0 Å². The summed E-state index contributed by atoms with van der Waals surface area (Å²) in [6.45, 7) is 4.69. The molecular formula is C13H19NO2. The Balaban J connectivity index is 2.43. The van der Waals surface area contributed by atoms with Crippen molar-refractivity contribution in [3.05, 3.63) is 30.3 Å². The molecule has 0 atom stereocenters.